The average Bonchev–Trinajstić information content (AvgIpc) is 2.67. The highest BCUT2D eigenvalue weighted by Crippen LogP contribution is 2.32. The Kier molecular flexibility index (Phi) is 6.45. The van der Waals surface area contributed by atoms with Crippen LogP contribution in [0, 0.1) is 17.2 Å². The molecule has 0 radical (unpaired) electrons. The van der Waals surface area contributed by atoms with Crippen molar-refractivity contribution in [3.05, 3.63) is 18.2 Å². The third-order valence-electron chi connectivity index (χ3n) is 4.25. The molecule has 26 heavy (non-hydrogen) atoms. The first-order valence-electron chi connectivity index (χ1n) is 8.15. The van der Waals surface area contributed by atoms with Crippen LogP contribution in [0.3, 0.4) is 0 Å². The van der Waals surface area contributed by atoms with Crippen LogP contribution in [0.25, 0.3) is 0 Å². The van der Waals surface area contributed by atoms with Crippen LogP contribution < -0.4 is 9.47 Å². The van der Waals surface area contributed by atoms with Crippen molar-refractivity contribution < 1.29 is 27.4 Å². The molecule has 0 unspecified atom stereocenters. The van der Waals surface area contributed by atoms with E-state index in [1.165, 1.54) is 37.6 Å². The third kappa shape index (κ3) is 4.26. The van der Waals surface area contributed by atoms with Gasteiger partial charge in [-0.05, 0) is 31.9 Å². The molecule has 0 aromatic heterocycles. The standard InChI is InChI=1S/C17H22N2O6S/c1-12(11-18)25-17(20)13-6-8-19(9-7-13)26(21,22)14-4-5-15(23-2)16(10-14)24-3/h4-5,10,12-13H,6-9H2,1-3H3/t12-/m0/s1. The van der Waals surface area contributed by atoms with Crippen molar-refractivity contribution in [1.82, 2.24) is 4.31 Å². The van der Waals surface area contributed by atoms with Crippen molar-refractivity contribution in [2.24, 2.45) is 5.92 Å². The summed E-state index contributed by atoms with van der Waals surface area (Å²) in [5.41, 5.74) is 0. The van der Waals surface area contributed by atoms with Gasteiger partial charge in [-0.1, -0.05) is 0 Å². The van der Waals surface area contributed by atoms with Crippen molar-refractivity contribution >= 4 is 16.0 Å². The number of nitrogens with zero attached hydrogens (tertiary/aromatic N) is 2. The maximum Gasteiger partial charge on any atom is 0.310 e. The predicted molar refractivity (Wildman–Crippen MR) is 92.2 cm³/mol. The number of sulfonamides is 1. The van der Waals surface area contributed by atoms with E-state index < -0.39 is 28.0 Å². The van der Waals surface area contributed by atoms with E-state index in [1.54, 1.807) is 6.07 Å². The zero-order valence-electron chi connectivity index (χ0n) is 15.0. The van der Waals surface area contributed by atoms with E-state index in [2.05, 4.69) is 0 Å². The normalized spacial score (nSPS) is 17.2. The Morgan fingerprint density at radius 2 is 1.85 bits per heavy atom. The molecule has 8 nitrogen and oxygen atoms in total. The number of piperidine rings is 1. The molecule has 1 atom stereocenters. The summed E-state index contributed by atoms with van der Waals surface area (Å²) < 4.78 is 42.3. The number of carbonyl (C=O) groups is 1. The van der Waals surface area contributed by atoms with Gasteiger partial charge in [0.15, 0.2) is 17.6 Å². The highest BCUT2D eigenvalue weighted by atomic mass is 32.2. The molecule has 1 aliphatic heterocycles. The van der Waals surface area contributed by atoms with E-state index in [1.807, 2.05) is 6.07 Å². The number of hydrogen-bond acceptors (Lipinski definition) is 7. The zero-order valence-corrected chi connectivity index (χ0v) is 15.8. The molecule has 2 rings (SSSR count). The van der Waals surface area contributed by atoms with Crippen molar-refractivity contribution in [1.29, 1.82) is 5.26 Å². The maximum atomic E-state index is 12.8. The van der Waals surface area contributed by atoms with E-state index in [0.29, 0.717) is 24.3 Å². The van der Waals surface area contributed by atoms with Crippen LogP contribution >= 0.6 is 0 Å². The summed E-state index contributed by atoms with van der Waals surface area (Å²) >= 11 is 0. The number of benzene rings is 1. The molecule has 1 fully saturated rings. The first-order chi connectivity index (χ1) is 12.3. The molecule has 0 bridgehead atoms. The van der Waals surface area contributed by atoms with Gasteiger partial charge in [-0.25, -0.2) is 8.42 Å². The second-order valence-corrected chi connectivity index (χ2v) is 7.84. The number of methoxy groups -OCH3 is 2. The monoisotopic (exact) mass is 382 g/mol. The van der Waals surface area contributed by atoms with Crippen molar-refractivity contribution in [2.45, 2.75) is 30.8 Å². The molecule has 9 heteroatoms. The molecular weight excluding hydrogens is 360 g/mol. The Morgan fingerprint density at radius 3 is 2.38 bits per heavy atom. The fraction of sp³-hybridized carbons (Fsp3) is 0.529. The molecule has 1 saturated heterocycles. The van der Waals surface area contributed by atoms with Gasteiger partial charge >= 0.3 is 5.97 Å². The number of nitriles is 1. The number of rotatable bonds is 6. The first-order valence-corrected chi connectivity index (χ1v) is 9.59. The van der Waals surface area contributed by atoms with E-state index in [0.717, 1.165) is 0 Å². The number of hydrogen-bond donors (Lipinski definition) is 0. The summed E-state index contributed by atoms with van der Waals surface area (Å²) in [6, 6.07) is 6.26. The van der Waals surface area contributed by atoms with Crippen LogP contribution in [-0.4, -0.2) is 52.1 Å². The Labute approximate surface area is 153 Å². The van der Waals surface area contributed by atoms with E-state index in [9.17, 15) is 13.2 Å². The molecule has 1 aromatic carbocycles. The number of ether oxygens (including phenoxy) is 3. The minimum Gasteiger partial charge on any atom is -0.493 e. The van der Waals surface area contributed by atoms with Crippen LogP contribution in [0.1, 0.15) is 19.8 Å². The fourth-order valence-corrected chi connectivity index (χ4v) is 4.24. The second kappa shape index (κ2) is 8.38. The van der Waals surface area contributed by atoms with E-state index in [4.69, 9.17) is 19.5 Å². The minimum absolute atomic E-state index is 0.106. The SMILES string of the molecule is COc1ccc(S(=O)(=O)N2CCC(C(=O)O[C@@H](C)C#N)CC2)cc1OC. The highest BCUT2D eigenvalue weighted by Gasteiger charge is 2.33. The Balaban J connectivity index is 2.08. The van der Waals surface area contributed by atoms with Gasteiger partial charge in [0.2, 0.25) is 10.0 Å². The lowest BCUT2D eigenvalue weighted by molar-refractivity contribution is -0.152. The van der Waals surface area contributed by atoms with Crippen LogP contribution in [0.4, 0.5) is 0 Å². The average molecular weight is 382 g/mol. The summed E-state index contributed by atoms with van der Waals surface area (Å²) in [5.74, 6) is -0.0816. The highest BCUT2D eigenvalue weighted by molar-refractivity contribution is 7.89. The third-order valence-corrected chi connectivity index (χ3v) is 6.15. The van der Waals surface area contributed by atoms with Crippen molar-refractivity contribution in [2.75, 3.05) is 27.3 Å². The molecule has 1 heterocycles. The van der Waals surface area contributed by atoms with Crippen LogP contribution in [0.15, 0.2) is 23.1 Å². The molecule has 0 spiro atoms. The lowest BCUT2D eigenvalue weighted by Gasteiger charge is -2.30. The fourth-order valence-electron chi connectivity index (χ4n) is 2.75. The van der Waals surface area contributed by atoms with Gasteiger partial charge in [0, 0.05) is 19.2 Å². The topological polar surface area (TPSA) is 106 Å². The van der Waals surface area contributed by atoms with Gasteiger partial charge in [0.25, 0.3) is 0 Å². The van der Waals surface area contributed by atoms with Gasteiger partial charge in [-0.15, -0.1) is 0 Å². The Hall–Kier alpha value is -2.31. The quantitative estimate of drug-likeness (QED) is 0.687. The molecule has 0 aliphatic carbocycles. The van der Waals surface area contributed by atoms with Gasteiger partial charge in [-0.2, -0.15) is 9.57 Å². The van der Waals surface area contributed by atoms with Gasteiger partial charge < -0.3 is 14.2 Å². The summed E-state index contributed by atoms with van der Waals surface area (Å²) in [6.07, 6.45) is -0.108. The van der Waals surface area contributed by atoms with Gasteiger partial charge in [0.05, 0.1) is 25.0 Å². The van der Waals surface area contributed by atoms with E-state index in [-0.39, 0.29) is 18.0 Å². The van der Waals surface area contributed by atoms with Crippen LogP contribution in [-0.2, 0) is 19.6 Å². The lowest BCUT2D eigenvalue weighted by Crippen LogP contribution is -2.41. The Morgan fingerprint density at radius 1 is 1.23 bits per heavy atom. The van der Waals surface area contributed by atoms with Gasteiger partial charge in [-0.3, -0.25) is 4.79 Å². The van der Waals surface area contributed by atoms with Gasteiger partial charge in [0.1, 0.15) is 6.07 Å². The van der Waals surface area contributed by atoms with Crippen molar-refractivity contribution in [3.8, 4) is 17.6 Å². The van der Waals surface area contributed by atoms with Crippen LogP contribution in [0.2, 0.25) is 0 Å². The molecule has 1 aliphatic rings. The number of esters is 1. The van der Waals surface area contributed by atoms with Crippen LogP contribution in [0.5, 0.6) is 11.5 Å². The summed E-state index contributed by atoms with van der Waals surface area (Å²) in [4.78, 5) is 12.1. The predicted octanol–water partition coefficient (Wildman–Crippen LogP) is 1.56. The summed E-state index contributed by atoms with van der Waals surface area (Å²) in [7, 11) is -0.790. The van der Waals surface area contributed by atoms with Crippen molar-refractivity contribution in [3.63, 3.8) is 0 Å². The molecule has 0 N–H and O–H groups in total. The summed E-state index contributed by atoms with van der Waals surface area (Å²) in [5, 5.41) is 8.70. The summed E-state index contributed by atoms with van der Waals surface area (Å²) in [6.45, 7) is 1.91. The molecule has 1 aromatic rings. The minimum atomic E-state index is -3.70. The zero-order chi connectivity index (χ0) is 19.3. The maximum absolute atomic E-state index is 12.8. The first kappa shape index (κ1) is 20.0. The lowest BCUT2D eigenvalue weighted by atomic mass is 9.98. The smallest absolute Gasteiger partial charge is 0.310 e. The number of carbonyl (C=O) groups excluding carboxylic acids is 1. The molecule has 142 valence electrons. The largest absolute Gasteiger partial charge is 0.493 e. The molecule has 0 amide bonds. The molecular formula is C17H22N2O6S. The van der Waals surface area contributed by atoms with E-state index >= 15 is 0 Å². The second-order valence-electron chi connectivity index (χ2n) is 5.90. The molecule has 0 saturated carbocycles. The Bertz CT molecular complexity index is 794.